The fourth-order valence-corrected chi connectivity index (χ4v) is 3.91. The summed E-state index contributed by atoms with van der Waals surface area (Å²) in [5.74, 6) is 2.05. The summed E-state index contributed by atoms with van der Waals surface area (Å²) in [6.45, 7) is 1.89. The number of hydrogen-bond acceptors (Lipinski definition) is 6. The monoisotopic (exact) mass is 466 g/mol. The number of benzene rings is 2. The number of rotatable bonds is 8. The highest BCUT2D eigenvalue weighted by molar-refractivity contribution is 7.99. The van der Waals surface area contributed by atoms with E-state index < -0.39 is 0 Å². The zero-order chi connectivity index (χ0) is 21.7. The molecule has 0 spiro atoms. The molecule has 1 heterocycles. The van der Waals surface area contributed by atoms with Crippen LogP contribution in [0.1, 0.15) is 18.9 Å². The van der Waals surface area contributed by atoms with Crippen LogP contribution in [-0.2, 0) is 11.8 Å². The van der Waals surface area contributed by atoms with E-state index in [1.807, 2.05) is 42.8 Å². The summed E-state index contributed by atoms with van der Waals surface area (Å²) in [7, 11) is 3.45. The Kier molecular flexibility index (Phi) is 7.47. The SMILES string of the molecule is COc1ccc(OC(C)c2nnc(SCC(=O)Nc3cc(Cl)cc(Cl)c3)n2C)cc1. The Bertz CT molecular complexity index is 1010. The van der Waals surface area contributed by atoms with Gasteiger partial charge in [0.15, 0.2) is 17.1 Å². The van der Waals surface area contributed by atoms with Gasteiger partial charge in [0.25, 0.3) is 0 Å². The Morgan fingerprint density at radius 2 is 1.77 bits per heavy atom. The molecule has 158 valence electrons. The maximum absolute atomic E-state index is 12.2. The zero-order valence-electron chi connectivity index (χ0n) is 16.6. The molecule has 0 aliphatic heterocycles. The van der Waals surface area contributed by atoms with Crippen LogP contribution in [0.5, 0.6) is 11.5 Å². The van der Waals surface area contributed by atoms with E-state index in [4.69, 9.17) is 32.7 Å². The first-order valence-corrected chi connectivity index (χ1v) is 10.7. The van der Waals surface area contributed by atoms with E-state index in [0.29, 0.717) is 32.5 Å². The molecule has 0 bridgehead atoms. The lowest BCUT2D eigenvalue weighted by Gasteiger charge is -2.14. The largest absolute Gasteiger partial charge is 0.497 e. The standard InChI is InChI=1S/C20H20Cl2N4O3S/c1-12(29-17-6-4-16(28-3)5-7-17)19-24-25-20(26(19)2)30-11-18(27)23-15-9-13(21)8-14(22)10-15/h4-10,12H,11H2,1-3H3,(H,23,27). The third-order valence-electron chi connectivity index (χ3n) is 4.08. The number of methoxy groups -OCH3 is 1. The van der Waals surface area contributed by atoms with Gasteiger partial charge in [-0.25, -0.2) is 0 Å². The third-order valence-corrected chi connectivity index (χ3v) is 5.54. The molecule has 0 radical (unpaired) electrons. The molecule has 0 aliphatic rings. The Morgan fingerprint density at radius 3 is 2.40 bits per heavy atom. The number of nitrogens with one attached hydrogen (secondary N) is 1. The van der Waals surface area contributed by atoms with Crippen LogP contribution in [0.4, 0.5) is 5.69 Å². The number of aromatic nitrogens is 3. The molecule has 30 heavy (non-hydrogen) atoms. The molecule has 1 atom stereocenters. The van der Waals surface area contributed by atoms with E-state index in [0.717, 1.165) is 5.75 Å². The zero-order valence-corrected chi connectivity index (χ0v) is 18.9. The fourth-order valence-electron chi connectivity index (χ4n) is 2.67. The minimum atomic E-state index is -0.326. The Hall–Kier alpha value is -2.42. The number of thioether (sulfide) groups is 1. The molecule has 0 fully saturated rings. The first kappa shape index (κ1) is 22.3. The number of carbonyl (C=O) groups excluding carboxylic acids is 1. The van der Waals surface area contributed by atoms with Crippen molar-refractivity contribution in [3.63, 3.8) is 0 Å². The number of carbonyl (C=O) groups is 1. The number of anilines is 1. The minimum Gasteiger partial charge on any atom is -0.497 e. The van der Waals surface area contributed by atoms with Gasteiger partial charge in [-0.3, -0.25) is 4.79 Å². The molecule has 7 nitrogen and oxygen atoms in total. The van der Waals surface area contributed by atoms with E-state index in [9.17, 15) is 4.79 Å². The van der Waals surface area contributed by atoms with E-state index >= 15 is 0 Å². The number of hydrogen-bond donors (Lipinski definition) is 1. The van der Waals surface area contributed by atoms with E-state index in [1.54, 1.807) is 25.3 Å². The predicted molar refractivity (Wildman–Crippen MR) is 119 cm³/mol. The number of amides is 1. The minimum absolute atomic E-state index is 0.157. The van der Waals surface area contributed by atoms with Crippen molar-refractivity contribution in [1.82, 2.24) is 14.8 Å². The average Bonchev–Trinajstić information content (AvgIpc) is 3.06. The Labute approximate surface area is 188 Å². The Morgan fingerprint density at radius 1 is 1.13 bits per heavy atom. The summed E-state index contributed by atoms with van der Waals surface area (Å²) in [4.78, 5) is 12.2. The first-order chi connectivity index (χ1) is 14.4. The maximum atomic E-state index is 12.2. The Balaban J connectivity index is 1.58. The van der Waals surface area contributed by atoms with Crippen LogP contribution in [0.25, 0.3) is 0 Å². The number of ether oxygens (including phenoxy) is 2. The van der Waals surface area contributed by atoms with Crippen LogP contribution >= 0.6 is 35.0 Å². The van der Waals surface area contributed by atoms with Crippen molar-refractivity contribution in [3.8, 4) is 11.5 Å². The number of nitrogens with zero attached hydrogens (tertiary/aromatic N) is 3. The molecular formula is C20H20Cl2N4O3S. The van der Waals surface area contributed by atoms with Gasteiger partial charge in [0.1, 0.15) is 11.5 Å². The van der Waals surface area contributed by atoms with Crippen molar-refractivity contribution in [2.75, 3.05) is 18.2 Å². The van der Waals surface area contributed by atoms with Crippen LogP contribution < -0.4 is 14.8 Å². The maximum Gasteiger partial charge on any atom is 0.234 e. The van der Waals surface area contributed by atoms with Gasteiger partial charge in [-0.1, -0.05) is 35.0 Å². The van der Waals surface area contributed by atoms with Gasteiger partial charge in [0, 0.05) is 22.8 Å². The summed E-state index contributed by atoms with van der Waals surface area (Å²) in [6, 6.07) is 12.2. The van der Waals surface area contributed by atoms with Crippen LogP contribution in [0, 0.1) is 0 Å². The second kappa shape index (κ2) is 10.1. The molecule has 1 N–H and O–H groups in total. The van der Waals surface area contributed by atoms with E-state index in [1.165, 1.54) is 11.8 Å². The molecule has 1 unspecified atom stereocenters. The molecular weight excluding hydrogens is 447 g/mol. The lowest BCUT2D eigenvalue weighted by molar-refractivity contribution is -0.113. The molecule has 2 aromatic carbocycles. The molecule has 0 aliphatic carbocycles. The molecule has 1 aromatic heterocycles. The molecule has 0 saturated carbocycles. The third kappa shape index (κ3) is 5.81. The average molecular weight is 467 g/mol. The predicted octanol–water partition coefficient (Wildman–Crippen LogP) is 5.00. The summed E-state index contributed by atoms with van der Waals surface area (Å²) >= 11 is 13.2. The van der Waals surface area contributed by atoms with Gasteiger partial charge >= 0.3 is 0 Å². The summed E-state index contributed by atoms with van der Waals surface area (Å²) in [6.07, 6.45) is -0.326. The highest BCUT2D eigenvalue weighted by Crippen LogP contribution is 2.26. The van der Waals surface area contributed by atoms with E-state index in [2.05, 4.69) is 15.5 Å². The number of halogens is 2. The van der Waals surface area contributed by atoms with E-state index in [-0.39, 0.29) is 17.8 Å². The van der Waals surface area contributed by atoms with Gasteiger partial charge in [-0.05, 0) is 49.4 Å². The fraction of sp³-hybridized carbons (Fsp3) is 0.250. The van der Waals surface area contributed by atoms with Crippen molar-refractivity contribution in [2.45, 2.75) is 18.2 Å². The van der Waals surface area contributed by atoms with Crippen molar-refractivity contribution in [1.29, 1.82) is 0 Å². The van der Waals surface area contributed by atoms with Crippen molar-refractivity contribution in [3.05, 3.63) is 58.3 Å². The summed E-state index contributed by atoms with van der Waals surface area (Å²) in [5.41, 5.74) is 0.540. The highest BCUT2D eigenvalue weighted by atomic mass is 35.5. The van der Waals surface area contributed by atoms with Crippen LogP contribution in [0.3, 0.4) is 0 Å². The van der Waals surface area contributed by atoms with Crippen LogP contribution in [0.15, 0.2) is 47.6 Å². The molecule has 3 aromatic rings. The van der Waals surface area contributed by atoms with Gasteiger partial charge in [0.2, 0.25) is 5.91 Å². The van der Waals surface area contributed by atoms with Crippen LogP contribution in [0.2, 0.25) is 10.0 Å². The summed E-state index contributed by atoms with van der Waals surface area (Å²) < 4.78 is 12.9. The molecule has 1 amide bonds. The quantitative estimate of drug-likeness (QED) is 0.470. The van der Waals surface area contributed by atoms with Crippen molar-refractivity contribution >= 4 is 46.6 Å². The molecule has 0 saturated heterocycles. The molecule has 10 heteroatoms. The first-order valence-electron chi connectivity index (χ1n) is 8.94. The van der Waals surface area contributed by atoms with Gasteiger partial charge in [-0.15, -0.1) is 10.2 Å². The second-order valence-electron chi connectivity index (χ2n) is 6.33. The summed E-state index contributed by atoms with van der Waals surface area (Å²) in [5, 5.41) is 12.6. The highest BCUT2D eigenvalue weighted by Gasteiger charge is 2.18. The lowest BCUT2D eigenvalue weighted by Crippen LogP contribution is -2.15. The van der Waals surface area contributed by atoms with Gasteiger partial charge in [0.05, 0.1) is 12.9 Å². The topological polar surface area (TPSA) is 78.3 Å². The normalized spacial score (nSPS) is 11.8. The van der Waals surface area contributed by atoms with Crippen molar-refractivity contribution < 1.29 is 14.3 Å². The molecule has 3 rings (SSSR count). The second-order valence-corrected chi connectivity index (χ2v) is 8.15. The smallest absolute Gasteiger partial charge is 0.234 e. The van der Waals surface area contributed by atoms with Gasteiger partial charge < -0.3 is 19.4 Å². The lowest BCUT2D eigenvalue weighted by atomic mass is 10.3. The van der Waals surface area contributed by atoms with Crippen molar-refractivity contribution in [2.24, 2.45) is 7.05 Å². The van der Waals surface area contributed by atoms with Crippen LogP contribution in [-0.4, -0.2) is 33.5 Å². The van der Waals surface area contributed by atoms with Gasteiger partial charge in [-0.2, -0.15) is 0 Å².